The van der Waals surface area contributed by atoms with Gasteiger partial charge < -0.3 is 10.0 Å². The highest BCUT2D eigenvalue weighted by Crippen LogP contribution is 2.42. The maximum atomic E-state index is 14.3. The zero-order valence-corrected chi connectivity index (χ0v) is 23.3. The number of anilines is 2. The highest BCUT2D eigenvalue weighted by atomic mass is 16.4. The number of aryl methyl sites for hydroxylation is 1. The van der Waals surface area contributed by atoms with Crippen LogP contribution >= 0.6 is 0 Å². The van der Waals surface area contributed by atoms with Gasteiger partial charge in [0.15, 0.2) is 0 Å². The lowest BCUT2D eigenvalue weighted by atomic mass is 9.85. The fourth-order valence-corrected chi connectivity index (χ4v) is 5.95. The van der Waals surface area contributed by atoms with Crippen molar-refractivity contribution >= 4 is 29.4 Å². The minimum Gasteiger partial charge on any atom is -0.478 e. The van der Waals surface area contributed by atoms with Crippen LogP contribution in [-0.4, -0.2) is 63.1 Å². The Morgan fingerprint density at radius 1 is 0.881 bits per heavy atom. The number of aromatic carboxylic acids is 1. The van der Waals surface area contributed by atoms with E-state index in [1.54, 1.807) is 18.3 Å². The molecule has 0 bridgehead atoms. The molecule has 42 heavy (non-hydrogen) atoms. The number of amides is 3. The molecule has 9 heteroatoms. The number of imide groups is 1. The van der Waals surface area contributed by atoms with Crippen LogP contribution in [0.2, 0.25) is 0 Å². The summed E-state index contributed by atoms with van der Waals surface area (Å²) in [5.74, 6) is -1.28. The quantitative estimate of drug-likeness (QED) is 0.309. The van der Waals surface area contributed by atoms with Crippen molar-refractivity contribution in [3.63, 3.8) is 0 Å². The Balaban J connectivity index is 1.30. The first-order chi connectivity index (χ1) is 20.4. The topological polar surface area (TPSA) is 107 Å². The number of hydrogen-bond acceptors (Lipinski definition) is 6. The van der Waals surface area contributed by atoms with Gasteiger partial charge in [0, 0.05) is 44.1 Å². The molecule has 1 spiro atoms. The van der Waals surface area contributed by atoms with E-state index in [-0.39, 0.29) is 17.3 Å². The largest absolute Gasteiger partial charge is 0.478 e. The second-order valence-electron chi connectivity index (χ2n) is 10.8. The molecule has 3 amide bonds. The molecular weight excluding hydrogens is 530 g/mol. The van der Waals surface area contributed by atoms with Crippen LogP contribution in [0.4, 0.5) is 16.3 Å². The van der Waals surface area contributed by atoms with E-state index >= 15 is 0 Å². The Morgan fingerprint density at radius 2 is 1.60 bits per heavy atom. The summed E-state index contributed by atoms with van der Waals surface area (Å²) in [7, 11) is 0. The number of carboxylic acids is 1. The van der Waals surface area contributed by atoms with Gasteiger partial charge in [0.1, 0.15) is 11.4 Å². The van der Waals surface area contributed by atoms with Crippen molar-refractivity contribution in [1.82, 2.24) is 14.9 Å². The third kappa shape index (κ3) is 4.92. The summed E-state index contributed by atoms with van der Waals surface area (Å²) in [5.41, 5.74) is 3.49. The van der Waals surface area contributed by atoms with E-state index in [4.69, 9.17) is 0 Å². The predicted octanol–water partition coefficient (Wildman–Crippen LogP) is 5.20. The summed E-state index contributed by atoms with van der Waals surface area (Å²) in [5, 5.41) is 9.61. The maximum absolute atomic E-state index is 14.3. The van der Waals surface area contributed by atoms with E-state index in [2.05, 4.69) is 14.9 Å². The van der Waals surface area contributed by atoms with Gasteiger partial charge in [0.2, 0.25) is 0 Å². The molecule has 2 fully saturated rings. The van der Waals surface area contributed by atoms with Crippen LogP contribution in [0.3, 0.4) is 0 Å². The minimum atomic E-state index is -1.17. The zero-order valence-electron chi connectivity index (χ0n) is 23.3. The number of urea groups is 1. The molecule has 0 radical (unpaired) electrons. The normalized spacial score (nSPS) is 16.8. The van der Waals surface area contributed by atoms with Gasteiger partial charge >= 0.3 is 12.0 Å². The molecule has 2 aromatic carbocycles. The summed E-state index contributed by atoms with van der Waals surface area (Å²) in [6, 6.07) is 23.4. The molecule has 212 valence electrons. The van der Waals surface area contributed by atoms with E-state index < -0.39 is 17.5 Å². The molecule has 2 aliphatic rings. The van der Waals surface area contributed by atoms with Gasteiger partial charge in [-0.3, -0.25) is 14.7 Å². The first-order valence-electron chi connectivity index (χ1n) is 14.0. The van der Waals surface area contributed by atoms with E-state index in [1.165, 1.54) is 28.1 Å². The standard InChI is InChI=1S/C33H31N5O4/c1-23-6-5-17-34-28(23)14-19-36-20-15-33(16-21-36)31(41)37(27-11-9-25(10-12-27)24-7-3-2-4-8-24)32(42)38(33)29-22-26(30(39)40)13-18-35-29/h2-13,17-18,22H,14-16,19-21H2,1H3,(H,39,40). The summed E-state index contributed by atoms with van der Waals surface area (Å²) >= 11 is 0. The predicted molar refractivity (Wildman–Crippen MR) is 160 cm³/mol. The van der Waals surface area contributed by atoms with Crippen molar-refractivity contribution in [3.8, 4) is 11.1 Å². The zero-order chi connectivity index (χ0) is 29.3. The number of hydrogen-bond donors (Lipinski definition) is 1. The fourth-order valence-electron chi connectivity index (χ4n) is 5.95. The van der Waals surface area contributed by atoms with Crippen LogP contribution in [0, 0.1) is 6.92 Å². The number of rotatable bonds is 7. The minimum absolute atomic E-state index is 0.00392. The summed E-state index contributed by atoms with van der Waals surface area (Å²) in [6.07, 6.45) is 4.75. The average Bonchev–Trinajstić information content (AvgIpc) is 3.23. The summed E-state index contributed by atoms with van der Waals surface area (Å²) in [4.78, 5) is 53.9. The van der Waals surface area contributed by atoms with Gasteiger partial charge in [-0.15, -0.1) is 0 Å². The summed E-state index contributed by atoms with van der Waals surface area (Å²) in [6.45, 7) is 4.03. The van der Waals surface area contributed by atoms with Crippen molar-refractivity contribution in [1.29, 1.82) is 0 Å². The monoisotopic (exact) mass is 561 g/mol. The number of benzene rings is 2. The molecule has 6 rings (SSSR count). The number of carbonyl (C=O) groups is 3. The second kappa shape index (κ2) is 11.2. The second-order valence-corrected chi connectivity index (χ2v) is 10.8. The number of pyridine rings is 2. The molecule has 2 saturated heterocycles. The first kappa shape index (κ1) is 27.3. The lowest BCUT2D eigenvalue weighted by molar-refractivity contribution is -0.123. The van der Waals surface area contributed by atoms with Gasteiger partial charge in [0.25, 0.3) is 5.91 Å². The number of piperidine rings is 1. The Kier molecular flexibility index (Phi) is 7.26. The van der Waals surface area contributed by atoms with E-state index in [9.17, 15) is 19.5 Å². The Bertz CT molecular complexity index is 1630. The highest BCUT2D eigenvalue weighted by molar-refractivity contribution is 6.30. The maximum Gasteiger partial charge on any atom is 0.338 e. The third-order valence-corrected chi connectivity index (χ3v) is 8.33. The molecule has 1 N–H and O–H groups in total. The van der Waals surface area contributed by atoms with Gasteiger partial charge in [-0.1, -0.05) is 48.5 Å². The van der Waals surface area contributed by atoms with Crippen molar-refractivity contribution in [2.24, 2.45) is 0 Å². The lowest BCUT2D eigenvalue weighted by Crippen LogP contribution is -2.57. The number of carbonyl (C=O) groups excluding carboxylic acids is 2. The van der Waals surface area contributed by atoms with Crippen LogP contribution in [0.5, 0.6) is 0 Å². The van der Waals surface area contributed by atoms with Crippen LogP contribution in [0.25, 0.3) is 11.1 Å². The number of carboxylic acid groups (broad SMARTS) is 1. The molecule has 0 atom stereocenters. The molecule has 4 heterocycles. The lowest BCUT2D eigenvalue weighted by Gasteiger charge is -2.41. The summed E-state index contributed by atoms with van der Waals surface area (Å²) < 4.78 is 0. The Hall–Kier alpha value is -4.89. The van der Waals surface area contributed by atoms with E-state index in [0.29, 0.717) is 31.6 Å². The molecule has 2 aliphatic heterocycles. The number of likely N-dealkylation sites (tertiary alicyclic amines) is 1. The molecule has 4 aromatic rings. The van der Waals surface area contributed by atoms with Crippen molar-refractivity contribution in [2.45, 2.75) is 31.7 Å². The van der Waals surface area contributed by atoms with E-state index in [1.807, 2.05) is 61.5 Å². The molecule has 9 nitrogen and oxygen atoms in total. The van der Waals surface area contributed by atoms with Crippen molar-refractivity contribution in [2.75, 3.05) is 29.4 Å². The van der Waals surface area contributed by atoms with Gasteiger partial charge in [-0.2, -0.15) is 0 Å². The molecule has 0 unspecified atom stereocenters. The van der Waals surface area contributed by atoms with Gasteiger partial charge in [0.05, 0.1) is 11.3 Å². The van der Waals surface area contributed by atoms with Gasteiger partial charge in [-0.05, 0) is 66.8 Å². The van der Waals surface area contributed by atoms with Crippen LogP contribution in [-0.2, 0) is 11.2 Å². The first-order valence-corrected chi connectivity index (χ1v) is 14.0. The Morgan fingerprint density at radius 3 is 2.29 bits per heavy atom. The van der Waals surface area contributed by atoms with Crippen molar-refractivity contribution in [3.05, 3.63) is 108 Å². The molecule has 0 saturated carbocycles. The van der Waals surface area contributed by atoms with E-state index in [0.717, 1.165) is 35.3 Å². The highest BCUT2D eigenvalue weighted by Gasteiger charge is 2.59. The SMILES string of the molecule is Cc1cccnc1CCN1CCC2(CC1)C(=O)N(c1ccc(-c3ccccc3)cc1)C(=O)N2c1cc(C(=O)O)ccn1. The van der Waals surface area contributed by atoms with Crippen LogP contribution < -0.4 is 9.80 Å². The average molecular weight is 562 g/mol. The van der Waals surface area contributed by atoms with Crippen LogP contribution in [0.15, 0.2) is 91.3 Å². The van der Waals surface area contributed by atoms with Crippen LogP contribution in [0.1, 0.15) is 34.5 Å². The number of aromatic nitrogens is 2. The van der Waals surface area contributed by atoms with Gasteiger partial charge in [-0.25, -0.2) is 19.5 Å². The molecule has 2 aromatic heterocycles. The fraction of sp³-hybridized carbons (Fsp3) is 0.242. The Labute approximate surface area is 244 Å². The molecule has 0 aliphatic carbocycles. The van der Waals surface area contributed by atoms with Crippen molar-refractivity contribution < 1.29 is 19.5 Å². The molecular formula is C33H31N5O4. The smallest absolute Gasteiger partial charge is 0.338 e. The number of nitrogens with zero attached hydrogens (tertiary/aromatic N) is 5. The third-order valence-electron chi connectivity index (χ3n) is 8.33.